The number of nitrogens with zero attached hydrogens (tertiary/aromatic N) is 1. The first-order valence-electron chi connectivity index (χ1n) is 8.42. The van der Waals surface area contributed by atoms with Crippen molar-refractivity contribution in [2.24, 2.45) is 0 Å². The van der Waals surface area contributed by atoms with Gasteiger partial charge in [-0.3, -0.25) is 4.79 Å². The zero-order valence-electron chi connectivity index (χ0n) is 13.7. The Morgan fingerprint density at radius 1 is 1.22 bits per heavy atom. The lowest BCUT2D eigenvalue weighted by Gasteiger charge is -2.23. The van der Waals surface area contributed by atoms with E-state index in [9.17, 15) is 13.2 Å². The van der Waals surface area contributed by atoms with Gasteiger partial charge in [-0.1, -0.05) is 44.4 Å². The number of unbranched alkanes of at least 4 members (excludes halogenated alkanes) is 3. The number of rotatable bonds is 8. The molecule has 128 valence electrons. The molecule has 0 aliphatic carbocycles. The third-order valence-corrected chi connectivity index (χ3v) is 6.11. The quantitative estimate of drug-likeness (QED) is 0.741. The van der Waals surface area contributed by atoms with E-state index in [1.54, 1.807) is 30.3 Å². The van der Waals surface area contributed by atoms with Crippen LogP contribution in [-0.2, 0) is 14.8 Å². The molecule has 5 nitrogen and oxygen atoms in total. The Morgan fingerprint density at radius 2 is 1.96 bits per heavy atom. The molecule has 1 fully saturated rings. The van der Waals surface area contributed by atoms with E-state index in [-0.39, 0.29) is 10.8 Å². The fraction of sp³-hybridized carbons (Fsp3) is 0.588. The third kappa shape index (κ3) is 4.54. The number of hydrogen-bond donors (Lipinski definition) is 1. The van der Waals surface area contributed by atoms with Crippen LogP contribution in [0.15, 0.2) is 35.2 Å². The molecule has 6 heteroatoms. The van der Waals surface area contributed by atoms with Crippen molar-refractivity contribution in [2.75, 3.05) is 13.1 Å². The molecule has 1 aromatic carbocycles. The standard InChI is InChI=1S/C17H26N2O3S/c1-2-3-4-8-13-18-17(20)16-12-9-14-19(16)23(21,22)15-10-6-5-7-11-15/h5-7,10-11,16H,2-4,8-9,12-14H2,1H3,(H,18,20). The molecule has 23 heavy (non-hydrogen) atoms. The average molecular weight is 338 g/mol. The summed E-state index contributed by atoms with van der Waals surface area (Å²) in [6.07, 6.45) is 5.66. The first kappa shape index (κ1) is 17.9. The van der Waals surface area contributed by atoms with Gasteiger partial charge in [0.25, 0.3) is 0 Å². The van der Waals surface area contributed by atoms with Crippen LogP contribution in [0.3, 0.4) is 0 Å². The Labute approximate surface area is 139 Å². The van der Waals surface area contributed by atoms with Crippen molar-refractivity contribution in [1.29, 1.82) is 0 Å². The Hall–Kier alpha value is -1.40. The van der Waals surface area contributed by atoms with E-state index >= 15 is 0 Å². The lowest BCUT2D eigenvalue weighted by molar-refractivity contribution is -0.124. The molecular weight excluding hydrogens is 312 g/mol. The highest BCUT2D eigenvalue weighted by Crippen LogP contribution is 2.26. The van der Waals surface area contributed by atoms with Crippen molar-refractivity contribution >= 4 is 15.9 Å². The van der Waals surface area contributed by atoms with Gasteiger partial charge in [-0.15, -0.1) is 0 Å². The molecule has 1 aliphatic heterocycles. The molecule has 1 aliphatic rings. The van der Waals surface area contributed by atoms with Crippen molar-refractivity contribution in [3.05, 3.63) is 30.3 Å². The molecule has 1 saturated heterocycles. The minimum Gasteiger partial charge on any atom is -0.355 e. The summed E-state index contributed by atoms with van der Waals surface area (Å²) in [4.78, 5) is 12.6. The Balaban J connectivity index is 1.98. The summed E-state index contributed by atoms with van der Waals surface area (Å²) >= 11 is 0. The first-order valence-corrected chi connectivity index (χ1v) is 9.86. The first-order chi connectivity index (χ1) is 11.1. The summed E-state index contributed by atoms with van der Waals surface area (Å²) in [6.45, 7) is 3.17. The lowest BCUT2D eigenvalue weighted by Crippen LogP contribution is -2.46. The van der Waals surface area contributed by atoms with Crippen LogP contribution < -0.4 is 5.32 Å². The maximum atomic E-state index is 12.7. The number of benzene rings is 1. The number of carbonyl (C=O) groups excluding carboxylic acids is 1. The number of carbonyl (C=O) groups is 1. The zero-order chi connectivity index (χ0) is 16.7. The fourth-order valence-electron chi connectivity index (χ4n) is 2.90. The van der Waals surface area contributed by atoms with Gasteiger partial charge in [0.2, 0.25) is 15.9 Å². The van der Waals surface area contributed by atoms with E-state index in [4.69, 9.17) is 0 Å². The van der Waals surface area contributed by atoms with E-state index in [1.807, 2.05) is 0 Å². The minimum atomic E-state index is -3.60. The third-order valence-electron chi connectivity index (χ3n) is 4.19. The van der Waals surface area contributed by atoms with Crippen LogP contribution >= 0.6 is 0 Å². The van der Waals surface area contributed by atoms with Crippen LogP contribution in [-0.4, -0.2) is 37.8 Å². The normalized spacial score (nSPS) is 18.9. The molecule has 2 rings (SSSR count). The van der Waals surface area contributed by atoms with Gasteiger partial charge >= 0.3 is 0 Å². The summed E-state index contributed by atoms with van der Waals surface area (Å²) in [5.41, 5.74) is 0. The van der Waals surface area contributed by atoms with Gasteiger partial charge in [0, 0.05) is 13.1 Å². The van der Waals surface area contributed by atoms with E-state index in [0.717, 1.165) is 32.1 Å². The van der Waals surface area contributed by atoms with E-state index in [1.165, 1.54) is 4.31 Å². The second-order valence-corrected chi connectivity index (χ2v) is 7.83. The summed E-state index contributed by atoms with van der Waals surface area (Å²) in [5.74, 6) is -0.168. The topological polar surface area (TPSA) is 66.5 Å². The summed E-state index contributed by atoms with van der Waals surface area (Å²) in [6, 6.07) is 7.76. The number of sulfonamides is 1. The van der Waals surface area contributed by atoms with Crippen molar-refractivity contribution < 1.29 is 13.2 Å². The van der Waals surface area contributed by atoms with Crippen LogP contribution in [0.2, 0.25) is 0 Å². The number of hydrogen-bond acceptors (Lipinski definition) is 3. The molecule has 0 spiro atoms. The highest BCUT2D eigenvalue weighted by molar-refractivity contribution is 7.89. The van der Waals surface area contributed by atoms with Crippen molar-refractivity contribution in [3.63, 3.8) is 0 Å². The van der Waals surface area contributed by atoms with Gasteiger partial charge in [-0.2, -0.15) is 4.31 Å². The highest BCUT2D eigenvalue weighted by Gasteiger charge is 2.39. The van der Waals surface area contributed by atoms with E-state index in [0.29, 0.717) is 19.5 Å². The smallest absolute Gasteiger partial charge is 0.243 e. The van der Waals surface area contributed by atoms with E-state index < -0.39 is 16.1 Å². The van der Waals surface area contributed by atoms with Crippen LogP contribution in [0.5, 0.6) is 0 Å². The van der Waals surface area contributed by atoms with Crippen LogP contribution in [0.25, 0.3) is 0 Å². The van der Waals surface area contributed by atoms with Crippen molar-refractivity contribution in [1.82, 2.24) is 9.62 Å². The number of nitrogens with one attached hydrogen (secondary N) is 1. The monoisotopic (exact) mass is 338 g/mol. The van der Waals surface area contributed by atoms with Crippen molar-refractivity contribution in [3.8, 4) is 0 Å². The Morgan fingerprint density at radius 3 is 2.65 bits per heavy atom. The van der Waals surface area contributed by atoms with E-state index in [2.05, 4.69) is 12.2 Å². The zero-order valence-corrected chi connectivity index (χ0v) is 14.5. The molecule has 1 amide bonds. The SMILES string of the molecule is CCCCCCNC(=O)C1CCCN1S(=O)(=O)c1ccccc1. The fourth-order valence-corrected chi connectivity index (χ4v) is 4.58. The van der Waals surface area contributed by atoms with Gasteiger partial charge in [0.1, 0.15) is 6.04 Å². The molecule has 1 unspecified atom stereocenters. The largest absolute Gasteiger partial charge is 0.355 e. The maximum Gasteiger partial charge on any atom is 0.243 e. The maximum absolute atomic E-state index is 12.7. The molecule has 1 N–H and O–H groups in total. The number of amides is 1. The predicted octanol–water partition coefficient (Wildman–Crippen LogP) is 2.54. The van der Waals surface area contributed by atoms with Gasteiger partial charge < -0.3 is 5.32 Å². The molecule has 0 saturated carbocycles. The van der Waals surface area contributed by atoms with Crippen LogP contribution in [0, 0.1) is 0 Å². The summed E-state index contributed by atoms with van der Waals surface area (Å²) < 4.78 is 26.8. The van der Waals surface area contributed by atoms with Gasteiger partial charge in [-0.25, -0.2) is 8.42 Å². The highest BCUT2D eigenvalue weighted by atomic mass is 32.2. The average Bonchev–Trinajstić information content (AvgIpc) is 3.06. The Bertz CT molecular complexity index is 602. The Kier molecular flexibility index (Phi) is 6.59. The predicted molar refractivity (Wildman–Crippen MR) is 90.5 cm³/mol. The van der Waals surface area contributed by atoms with Crippen LogP contribution in [0.1, 0.15) is 45.4 Å². The summed E-state index contributed by atoms with van der Waals surface area (Å²) in [5, 5.41) is 2.89. The van der Waals surface area contributed by atoms with Gasteiger partial charge in [0.05, 0.1) is 4.90 Å². The molecule has 1 aromatic rings. The lowest BCUT2D eigenvalue weighted by atomic mass is 10.2. The van der Waals surface area contributed by atoms with Gasteiger partial charge in [0.15, 0.2) is 0 Å². The molecule has 0 bridgehead atoms. The van der Waals surface area contributed by atoms with Crippen molar-refractivity contribution in [2.45, 2.75) is 56.4 Å². The molecule has 0 aromatic heterocycles. The van der Waals surface area contributed by atoms with Crippen LogP contribution in [0.4, 0.5) is 0 Å². The molecule has 1 heterocycles. The van der Waals surface area contributed by atoms with Gasteiger partial charge in [-0.05, 0) is 31.4 Å². The second-order valence-electron chi connectivity index (χ2n) is 5.94. The molecule has 0 radical (unpaired) electrons. The summed E-state index contributed by atoms with van der Waals surface area (Å²) in [7, 11) is -3.60. The molecule has 1 atom stereocenters. The minimum absolute atomic E-state index is 0.168. The molecular formula is C17H26N2O3S. The second kappa shape index (κ2) is 8.45.